The van der Waals surface area contributed by atoms with Gasteiger partial charge in [-0.15, -0.1) is 0 Å². The minimum atomic E-state index is -0.842. The molecule has 2 aliphatic carbocycles. The molecule has 0 spiro atoms. The van der Waals surface area contributed by atoms with Crippen molar-refractivity contribution < 1.29 is 24.2 Å². The second kappa shape index (κ2) is 6.94. The molecule has 0 aliphatic heterocycles. The fraction of sp³-hybridized carbons (Fsp3) is 0.579. The Kier molecular flexibility index (Phi) is 4.88. The smallest absolute Gasteiger partial charge is 0.307 e. The van der Waals surface area contributed by atoms with Gasteiger partial charge >= 0.3 is 5.97 Å². The molecule has 6 nitrogen and oxygen atoms in total. The van der Waals surface area contributed by atoms with Gasteiger partial charge in [0.05, 0.1) is 32.1 Å². The molecular formula is C19H25NO5. The third-order valence-corrected chi connectivity index (χ3v) is 5.77. The molecule has 25 heavy (non-hydrogen) atoms. The predicted molar refractivity (Wildman–Crippen MR) is 91.6 cm³/mol. The molecule has 3 rings (SSSR count). The SMILES string of the molecule is COc1ccc([C@H](C)NC(=O)[C@H]2[C@H]3CC[C@@H](C3)[C@@H]2C(=O)O)cc1OC. The highest BCUT2D eigenvalue weighted by molar-refractivity contribution is 5.86. The van der Waals surface area contributed by atoms with E-state index in [2.05, 4.69) is 5.32 Å². The van der Waals surface area contributed by atoms with Crippen LogP contribution in [0.2, 0.25) is 0 Å². The highest BCUT2D eigenvalue weighted by Crippen LogP contribution is 2.52. The number of methoxy groups -OCH3 is 2. The number of carboxylic acids is 1. The molecule has 2 N–H and O–H groups in total. The highest BCUT2D eigenvalue weighted by atomic mass is 16.5. The molecule has 0 aromatic heterocycles. The minimum Gasteiger partial charge on any atom is -0.493 e. The van der Waals surface area contributed by atoms with Crippen molar-refractivity contribution >= 4 is 11.9 Å². The van der Waals surface area contributed by atoms with Crippen molar-refractivity contribution in [1.82, 2.24) is 5.32 Å². The predicted octanol–water partition coefficient (Wildman–Crippen LogP) is 2.63. The first-order valence-electron chi connectivity index (χ1n) is 8.71. The van der Waals surface area contributed by atoms with Crippen molar-refractivity contribution in [3.8, 4) is 11.5 Å². The Morgan fingerprint density at radius 2 is 1.76 bits per heavy atom. The molecule has 1 amide bonds. The van der Waals surface area contributed by atoms with Crippen molar-refractivity contribution in [1.29, 1.82) is 0 Å². The molecule has 2 aliphatic rings. The molecule has 0 saturated heterocycles. The largest absolute Gasteiger partial charge is 0.493 e. The van der Waals surface area contributed by atoms with E-state index in [4.69, 9.17) is 9.47 Å². The van der Waals surface area contributed by atoms with Crippen molar-refractivity contribution in [3.05, 3.63) is 23.8 Å². The number of amides is 1. The van der Waals surface area contributed by atoms with E-state index in [9.17, 15) is 14.7 Å². The molecule has 1 aromatic carbocycles. The third-order valence-electron chi connectivity index (χ3n) is 5.77. The Bertz CT molecular complexity index is 674. The van der Waals surface area contributed by atoms with E-state index in [0.717, 1.165) is 24.8 Å². The van der Waals surface area contributed by atoms with Crippen LogP contribution in [0.15, 0.2) is 18.2 Å². The quantitative estimate of drug-likeness (QED) is 0.826. The van der Waals surface area contributed by atoms with Gasteiger partial charge in [-0.05, 0) is 55.7 Å². The van der Waals surface area contributed by atoms with E-state index in [1.165, 1.54) is 0 Å². The molecule has 1 aromatic rings. The number of nitrogens with one attached hydrogen (secondary N) is 1. The van der Waals surface area contributed by atoms with Crippen LogP contribution < -0.4 is 14.8 Å². The van der Waals surface area contributed by atoms with Crippen LogP contribution in [0.25, 0.3) is 0 Å². The van der Waals surface area contributed by atoms with Gasteiger partial charge in [0.2, 0.25) is 5.91 Å². The van der Waals surface area contributed by atoms with Crippen molar-refractivity contribution in [2.45, 2.75) is 32.2 Å². The van der Waals surface area contributed by atoms with Gasteiger partial charge in [-0.1, -0.05) is 6.07 Å². The summed E-state index contributed by atoms with van der Waals surface area (Å²) in [5.41, 5.74) is 0.890. The average Bonchev–Trinajstić information content (AvgIpc) is 3.22. The normalized spacial score (nSPS) is 28.4. The van der Waals surface area contributed by atoms with Crippen molar-refractivity contribution in [2.24, 2.45) is 23.7 Å². The molecule has 6 heteroatoms. The molecule has 0 unspecified atom stereocenters. The van der Waals surface area contributed by atoms with Crippen LogP contribution in [-0.4, -0.2) is 31.2 Å². The number of carbonyl (C=O) groups excluding carboxylic acids is 1. The number of ether oxygens (including phenoxy) is 2. The number of hydrogen-bond donors (Lipinski definition) is 2. The summed E-state index contributed by atoms with van der Waals surface area (Å²) in [5, 5.41) is 12.5. The van der Waals surface area contributed by atoms with Crippen LogP contribution >= 0.6 is 0 Å². The lowest BCUT2D eigenvalue weighted by Crippen LogP contribution is -2.42. The van der Waals surface area contributed by atoms with Gasteiger partial charge < -0.3 is 19.9 Å². The maximum Gasteiger partial charge on any atom is 0.307 e. The van der Waals surface area contributed by atoms with E-state index in [1.54, 1.807) is 20.3 Å². The first-order valence-corrected chi connectivity index (χ1v) is 8.71. The second-order valence-corrected chi connectivity index (χ2v) is 7.07. The zero-order valence-corrected chi connectivity index (χ0v) is 14.8. The number of benzene rings is 1. The van der Waals surface area contributed by atoms with Crippen molar-refractivity contribution in [2.75, 3.05) is 14.2 Å². The number of fused-ring (bicyclic) bond motifs is 2. The van der Waals surface area contributed by atoms with Gasteiger partial charge in [0.15, 0.2) is 11.5 Å². The summed E-state index contributed by atoms with van der Waals surface area (Å²) in [6.07, 6.45) is 2.74. The fourth-order valence-corrected chi connectivity index (χ4v) is 4.54. The van der Waals surface area contributed by atoms with E-state index in [1.807, 2.05) is 19.1 Å². The first kappa shape index (κ1) is 17.6. The van der Waals surface area contributed by atoms with Crippen LogP contribution in [0.3, 0.4) is 0 Å². The zero-order valence-electron chi connectivity index (χ0n) is 14.8. The first-order chi connectivity index (χ1) is 12.0. The number of carbonyl (C=O) groups is 2. The monoisotopic (exact) mass is 347 g/mol. The van der Waals surface area contributed by atoms with E-state index < -0.39 is 17.8 Å². The summed E-state index contributed by atoms with van der Waals surface area (Å²) < 4.78 is 10.5. The van der Waals surface area contributed by atoms with Gasteiger partial charge in [-0.3, -0.25) is 9.59 Å². The Hall–Kier alpha value is -2.24. The Morgan fingerprint density at radius 3 is 2.36 bits per heavy atom. The van der Waals surface area contributed by atoms with E-state index >= 15 is 0 Å². The summed E-state index contributed by atoms with van der Waals surface area (Å²) in [7, 11) is 3.14. The molecule has 2 saturated carbocycles. The topological polar surface area (TPSA) is 84.9 Å². The van der Waals surface area contributed by atoms with E-state index in [-0.39, 0.29) is 23.8 Å². The average molecular weight is 347 g/mol. The maximum atomic E-state index is 12.8. The minimum absolute atomic E-state index is 0.148. The highest BCUT2D eigenvalue weighted by Gasteiger charge is 2.54. The Balaban J connectivity index is 1.73. The molecule has 2 fully saturated rings. The summed E-state index contributed by atoms with van der Waals surface area (Å²) in [5.74, 6) is -0.380. The van der Waals surface area contributed by atoms with E-state index in [0.29, 0.717) is 11.5 Å². The van der Waals surface area contributed by atoms with Crippen LogP contribution in [-0.2, 0) is 9.59 Å². The van der Waals surface area contributed by atoms with Gasteiger partial charge in [-0.25, -0.2) is 0 Å². The lowest BCUT2D eigenvalue weighted by Gasteiger charge is -2.28. The molecule has 0 heterocycles. The van der Waals surface area contributed by atoms with Crippen LogP contribution in [0.4, 0.5) is 0 Å². The number of rotatable bonds is 6. The maximum absolute atomic E-state index is 12.8. The number of aliphatic carboxylic acids is 1. The molecular weight excluding hydrogens is 322 g/mol. The summed E-state index contributed by atoms with van der Waals surface area (Å²) in [6, 6.07) is 5.27. The lowest BCUT2D eigenvalue weighted by atomic mass is 9.78. The third kappa shape index (κ3) is 3.17. The molecule has 0 radical (unpaired) electrons. The van der Waals surface area contributed by atoms with Gasteiger partial charge in [0.25, 0.3) is 0 Å². The summed E-state index contributed by atoms with van der Waals surface area (Å²) >= 11 is 0. The molecule has 136 valence electrons. The standard InChI is InChI=1S/C19H25NO5/c1-10(11-6-7-14(24-2)15(9-11)25-3)20-18(21)16-12-4-5-13(8-12)17(16)19(22)23/h6-7,9-10,12-13,16-17H,4-5,8H2,1-3H3,(H,20,21)(H,22,23)/t10-,12-,13-,16-,17-/m0/s1. The van der Waals surface area contributed by atoms with Crippen LogP contribution in [0.5, 0.6) is 11.5 Å². The van der Waals surface area contributed by atoms with Gasteiger partial charge in [-0.2, -0.15) is 0 Å². The number of carboxylic acid groups (broad SMARTS) is 1. The second-order valence-electron chi connectivity index (χ2n) is 7.07. The number of hydrogen-bond acceptors (Lipinski definition) is 4. The zero-order chi connectivity index (χ0) is 18.1. The van der Waals surface area contributed by atoms with Gasteiger partial charge in [0.1, 0.15) is 0 Å². The molecule has 2 bridgehead atoms. The van der Waals surface area contributed by atoms with Crippen LogP contribution in [0.1, 0.15) is 37.8 Å². The van der Waals surface area contributed by atoms with Crippen LogP contribution in [0, 0.1) is 23.7 Å². The lowest BCUT2D eigenvalue weighted by molar-refractivity contribution is -0.149. The van der Waals surface area contributed by atoms with Crippen molar-refractivity contribution in [3.63, 3.8) is 0 Å². The molecule has 5 atom stereocenters. The Morgan fingerprint density at radius 1 is 1.12 bits per heavy atom. The summed E-state index contributed by atoms with van der Waals surface area (Å²) in [6.45, 7) is 1.89. The van der Waals surface area contributed by atoms with Gasteiger partial charge in [0, 0.05) is 0 Å². The fourth-order valence-electron chi connectivity index (χ4n) is 4.54. The summed E-state index contributed by atoms with van der Waals surface area (Å²) in [4.78, 5) is 24.4. The Labute approximate surface area is 147 Å².